The van der Waals surface area contributed by atoms with Crippen molar-refractivity contribution in [2.75, 3.05) is 12.0 Å². The fourth-order valence-electron chi connectivity index (χ4n) is 3.27. The first kappa shape index (κ1) is 18.6. The Bertz CT molecular complexity index is 1170. The highest BCUT2D eigenvalue weighted by atomic mass is 16.5. The molecule has 0 aliphatic heterocycles. The average molecular weight is 387 g/mol. The second-order valence-electron chi connectivity index (χ2n) is 6.71. The van der Waals surface area contributed by atoms with Crippen LogP contribution in [0.25, 0.3) is 5.78 Å². The third-order valence-electron chi connectivity index (χ3n) is 4.61. The van der Waals surface area contributed by atoms with Gasteiger partial charge in [0.05, 0.1) is 19.2 Å². The molecule has 0 radical (unpaired) electrons. The number of rotatable bonds is 5. The van der Waals surface area contributed by atoms with Crippen molar-refractivity contribution in [1.82, 2.24) is 19.6 Å². The number of fused-ring (bicyclic) bond motifs is 1. The lowest BCUT2D eigenvalue weighted by Crippen LogP contribution is -2.31. The van der Waals surface area contributed by atoms with Crippen molar-refractivity contribution in [3.05, 3.63) is 83.4 Å². The molecule has 2 aromatic heterocycles. The molecule has 4 aromatic rings. The molecular formula is C22H21N5O2. The maximum Gasteiger partial charge on any atom is 0.262 e. The molecule has 1 amide bonds. The molecule has 29 heavy (non-hydrogen) atoms. The van der Waals surface area contributed by atoms with E-state index in [1.165, 1.54) is 0 Å². The van der Waals surface area contributed by atoms with Gasteiger partial charge in [0, 0.05) is 17.1 Å². The van der Waals surface area contributed by atoms with Gasteiger partial charge in [-0.3, -0.25) is 4.79 Å². The second-order valence-corrected chi connectivity index (χ2v) is 6.71. The van der Waals surface area contributed by atoms with E-state index in [-0.39, 0.29) is 12.5 Å². The van der Waals surface area contributed by atoms with E-state index in [4.69, 9.17) is 4.74 Å². The third-order valence-corrected chi connectivity index (χ3v) is 4.61. The van der Waals surface area contributed by atoms with Crippen LogP contribution >= 0.6 is 0 Å². The number of aromatic nitrogens is 4. The summed E-state index contributed by atoms with van der Waals surface area (Å²) in [6.45, 7) is 4.08. The molecule has 0 saturated carbocycles. The van der Waals surface area contributed by atoms with Crippen LogP contribution in [0.3, 0.4) is 0 Å². The van der Waals surface area contributed by atoms with Crippen LogP contribution in [0.2, 0.25) is 0 Å². The van der Waals surface area contributed by atoms with Gasteiger partial charge < -0.3 is 9.64 Å². The van der Waals surface area contributed by atoms with Crippen LogP contribution < -0.4 is 9.64 Å². The van der Waals surface area contributed by atoms with Crippen LogP contribution in [-0.4, -0.2) is 32.6 Å². The number of aryl methyl sites for hydroxylation is 2. The lowest BCUT2D eigenvalue weighted by molar-refractivity contribution is 0.0981. The summed E-state index contributed by atoms with van der Waals surface area (Å²) in [7, 11) is 1.55. The highest BCUT2D eigenvalue weighted by Crippen LogP contribution is 2.24. The van der Waals surface area contributed by atoms with Crippen molar-refractivity contribution in [2.45, 2.75) is 20.4 Å². The van der Waals surface area contributed by atoms with Crippen LogP contribution in [0.15, 0.2) is 60.7 Å². The maximum atomic E-state index is 13.4. The first-order valence-corrected chi connectivity index (χ1v) is 9.26. The molecule has 2 heterocycles. The maximum absolute atomic E-state index is 13.4. The molecule has 0 N–H and O–H groups in total. The number of nitrogens with zero attached hydrogens (tertiary/aromatic N) is 5. The second kappa shape index (κ2) is 7.71. The molecule has 0 fully saturated rings. The van der Waals surface area contributed by atoms with Gasteiger partial charge >= 0.3 is 0 Å². The van der Waals surface area contributed by atoms with E-state index < -0.39 is 0 Å². The standard InChI is InChI=1S/C22H21N5O2/c1-15-13-16(2)27-22(23-15)24-20(25-27)14-26(17-9-5-4-6-10-17)21(28)18-11-7-8-12-19(18)29-3/h4-13H,14H2,1-3H3. The number of methoxy groups -OCH3 is 1. The number of hydrogen-bond acceptors (Lipinski definition) is 5. The van der Waals surface area contributed by atoms with Gasteiger partial charge in [-0.15, -0.1) is 5.10 Å². The highest BCUT2D eigenvalue weighted by Gasteiger charge is 2.23. The fourth-order valence-corrected chi connectivity index (χ4v) is 3.27. The topological polar surface area (TPSA) is 72.6 Å². The number of carbonyl (C=O) groups excluding carboxylic acids is 1. The summed E-state index contributed by atoms with van der Waals surface area (Å²) in [6.07, 6.45) is 0. The first-order valence-electron chi connectivity index (χ1n) is 9.26. The Balaban J connectivity index is 1.76. The van der Waals surface area contributed by atoms with E-state index in [1.54, 1.807) is 28.7 Å². The van der Waals surface area contributed by atoms with E-state index in [0.29, 0.717) is 22.9 Å². The fraction of sp³-hybridized carbons (Fsp3) is 0.182. The normalized spacial score (nSPS) is 10.9. The summed E-state index contributed by atoms with van der Waals surface area (Å²) in [4.78, 5) is 24.0. The molecule has 2 aromatic carbocycles. The number of benzene rings is 2. The van der Waals surface area contributed by atoms with Crippen molar-refractivity contribution >= 4 is 17.4 Å². The molecule has 0 spiro atoms. The molecule has 0 unspecified atom stereocenters. The highest BCUT2D eigenvalue weighted by molar-refractivity contribution is 6.07. The van der Waals surface area contributed by atoms with Crippen molar-refractivity contribution in [3.8, 4) is 5.75 Å². The van der Waals surface area contributed by atoms with Gasteiger partial charge in [-0.25, -0.2) is 9.50 Å². The largest absolute Gasteiger partial charge is 0.496 e. The van der Waals surface area contributed by atoms with Crippen molar-refractivity contribution in [3.63, 3.8) is 0 Å². The van der Waals surface area contributed by atoms with E-state index in [9.17, 15) is 4.79 Å². The Morgan fingerprint density at radius 2 is 1.76 bits per heavy atom. The molecule has 0 saturated heterocycles. The lowest BCUT2D eigenvalue weighted by Gasteiger charge is -2.22. The molecule has 7 nitrogen and oxygen atoms in total. The van der Waals surface area contributed by atoms with Crippen molar-refractivity contribution in [1.29, 1.82) is 0 Å². The third kappa shape index (κ3) is 3.67. The number of carbonyl (C=O) groups is 1. The van der Waals surface area contributed by atoms with Gasteiger partial charge in [0.1, 0.15) is 5.75 Å². The molecular weight excluding hydrogens is 366 g/mol. The molecule has 0 bridgehead atoms. The summed E-state index contributed by atoms with van der Waals surface area (Å²) >= 11 is 0. The van der Waals surface area contributed by atoms with E-state index >= 15 is 0 Å². The quantitative estimate of drug-likeness (QED) is 0.523. The molecule has 0 atom stereocenters. The minimum atomic E-state index is -0.187. The van der Waals surface area contributed by atoms with Gasteiger partial charge in [0.2, 0.25) is 0 Å². The predicted molar refractivity (Wildman–Crippen MR) is 110 cm³/mol. The zero-order valence-corrected chi connectivity index (χ0v) is 16.5. The van der Waals surface area contributed by atoms with Crippen LogP contribution in [-0.2, 0) is 6.54 Å². The minimum Gasteiger partial charge on any atom is -0.496 e. The lowest BCUT2D eigenvalue weighted by atomic mass is 10.1. The zero-order valence-electron chi connectivity index (χ0n) is 16.5. The Morgan fingerprint density at radius 3 is 2.52 bits per heavy atom. The van der Waals surface area contributed by atoms with E-state index in [0.717, 1.165) is 17.1 Å². The van der Waals surface area contributed by atoms with Crippen LogP contribution in [0.5, 0.6) is 5.75 Å². The number of ether oxygens (including phenoxy) is 1. The zero-order chi connectivity index (χ0) is 20.4. The van der Waals surface area contributed by atoms with Gasteiger partial charge in [-0.2, -0.15) is 4.98 Å². The SMILES string of the molecule is COc1ccccc1C(=O)N(Cc1nc2nc(C)cc(C)n2n1)c1ccccc1. The average Bonchev–Trinajstić information content (AvgIpc) is 3.15. The minimum absolute atomic E-state index is 0.187. The molecule has 146 valence electrons. The number of hydrogen-bond donors (Lipinski definition) is 0. The molecule has 7 heteroatoms. The number of amides is 1. The van der Waals surface area contributed by atoms with Gasteiger partial charge in [-0.05, 0) is 44.2 Å². The van der Waals surface area contributed by atoms with Crippen molar-refractivity contribution in [2.24, 2.45) is 0 Å². The molecule has 0 aliphatic rings. The van der Waals surface area contributed by atoms with E-state index in [1.807, 2.05) is 62.4 Å². The first-order chi connectivity index (χ1) is 14.1. The van der Waals surface area contributed by atoms with Gasteiger partial charge in [0.15, 0.2) is 5.82 Å². The Morgan fingerprint density at radius 1 is 1.03 bits per heavy atom. The summed E-state index contributed by atoms with van der Waals surface area (Å²) in [5, 5.41) is 4.56. The Hall–Kier alpha value is -3.74. The van der Waals surface area contributed by atoms with Gasteiger partial charge in [-0.1, -0.05) is 30.3 Å². The van der Waals surface area contributed by atoms with Crippen LogP contribution in [0, 0.1) is 13.8 Å². The predicted octanol–water partition coefficient (Wildman–Crippen LogP) is 3.60. The summed E-state index contributed by atoms with van der Waals surface area (Å²) in [5.74, 6) is 1.37. The monoisotopic (exact) mass is 387 g/mol. The molecule has 0 aliphatic carbocycles. The number of anilines is 1. The van der Waals surface area contributed by atoms with Crippen LogP contribution in [0.4, 0.5) is 5.69 Å². The molecule has 4 rings (SSSR count). The Labute approximate surface area is 168 Å². The van der Waals surface area contributed by atoms with Gasteiger partial charge in [0.25, 0.3) is 11.7 Å². The Kier molecular flexibility index (Phi) is 4.95. The van der Waals surface area contributed by atoms with E-state index in [2.05, 4.69) is 15.1 Å². The van der Waals surface area contributed by atoms with Crippen molar-refractivity contribution < 1.29 is 9.53 Å². The number of para-hydroxylation sites is 2. The summed E-state index contributed by atoms with van der Waals surface area (Å²) < 4.78 is 7.08. The van der Waals surface area contributed by atoms with Crippen LogP contribution in [0.1, 0.15) is 27.6 Å². The summed E-state index contributed by atoms with van der Waals surface area (Å²) in [6, 6.07) is 18.6. The summed E-state index contributed by atoms with van der Waals surface area (Å²) in [5.41, 5.74) is 3.04. The smallest absolute Gasteiger partial charge is 0.262 e.